The number of amides is 2. The number of fused-ring (bicyclic) bond motifs is 3. The zero-order chi connectivity index (χ0) is 21.0. The summed E-state index contributed by atoms with van der Waals surface area (Å²) in [6, 6.07) is 8.93. The minimum Gasteiger partial charge on any atom is -0.336 e. The van der Waals surface area contributed by atoms with Crippen LogP contribution >= 0.6 is 0 Å². The van der Waals surface area contributed by atoms with Crippen molar-refractivity contribution < 1.29 is 9.59 Å². The first-order chi connectivity index (χ1) is 13.9. The van der Waals surface area contributed by atoms with Gasteiger partial charge in [0.2, 0.25) is 11.8 Å². The lowest BCUT2D eigenvalue weighted by molar-refractivity contribution is -0.133. The van der Waals surface area contributed by atoms with Crippen LogP contribution in [0, 0.1) is 0 Å². The number of nitrogens with zero attached hydrogens (tertiary/aromatic N) is 4. The van der Waals surface area contributed by atoms with Gasteiger partial charge in [-0.25, -0.2) is 0 Å². The van der Waals surface area contributed by atoms with Crippen molar-refractivity contribution in [2.45, 2.75) is 57.7 Å². The van der Waals surface area contributed by atoms with Crippen LogP contribution in [-0.4, -0.2) is 79.4 Å². The van der Waals surface area contributed by atoms with Gasteiger partial charge in [-0.05, 0) is 52.0 Å². The van der Waals surface area contributed by atoms with E-state index in [1.54, 1.807) is 0 Å². The van der Waals surface area contributed by atoms with Crippen LogP contribution in [0.4, 0.5) is 5.69 Å². The molecule has 0 N–H and O–H groups in total. The summed E-state index contributed by atoms with van der Waals surface area (Å²) in [5.74, 6) is 0.297. The topological polar surface area (TPSA) is 47.1 Å². The van der Waals surface area contributed by atoms with Gasteiger partial charge >= 0.3 is 0 Å². The van der Waals surface area contributed by atoms with Gasteiger partial charge in [0.15, 0.2) is 0 Å². The molecule has 1 saturated heterocycles. The summed E-state index contributed by atoms with van der Waals surface area (Å²) >= 11 is 0. The van der Waals surface area contributed by atoms with E-state index in [0.29, 0.717) is 31.6 Å². The Morgan fingerprint density at radius 2 is 1.79 bits per heavy atom. The molecule has 2 atom stereocenters. The predicted molar refractivity (Wildman–Crippen MR) is 117 cm³/mol. The van der Waals surface area contributed by atoms with E-state index in [1.165, 1.54) is 6.42 Å². The van der Waals surface area contributed by atoms with Gasteiger partial charge in [0.05, 0.1) is 6.54 Å². The number of piperidine rings is 1. The molecule has 1 fully saturated rings. The van der Waals surface area contributed by atoms with Crippen molar-refractivity contribution in [2.75, 3.05) is 45.7 Å². The molecule has 0 aliphatic carbocycles. The van der Waals surface area contributed by atoms with Gasteiger partial charge < -0.3 is 14.7 Å². The molecule has 0 radical (unpaired) electrons. The molecular formula is C23H36N4O2. The molecule has 0 spiro atoms. The highest BCUT2D eigenvalue weighted by Gasteiger charge is 2.32. The molecule has 6 nitrogen and oxygen atoms in total. The van der Waals surface area contributed by atoms with Crippen LogP contribution < -0.4 is 4.90 Å². The van der Waals surface area contributed by atoms with Crippen LogP contribution in [0.2, 0.25) is 0 Å². The molecule has 29 heavy (non-hydrogen) atoms. The zero-order valence-electron chi connectivity index (χ0n) is 18.4. The van der Waals surface area contributed by atoms with Crippen LogP contribution in [0.3, 0.4) is 0 Å². The lowest BCUT2D eigenvalue weighted by atomic mass is 9.93. The van der Waals surface area contributed by atoms with Crippen molar-refractivity contribution in [2.24, 2.45) is 0 Å². The lowest BCUT2D eigenvalue weighted by Crippen LogP contribution is -2.51. The lowest BCUT2D eigenvalue weighted by Gasteiger charge is -2.42. The van der Waals surface area contributed by atoms with E-state index in [2.05, 4.69) is 18.0 Å². The van der Waals surface area contributed by atoms with Gasteiger partial charge in [-0.1, -0.05) is 31.5 Å². The molecule has 1 aromatic rings. The molecular weight excluding hydrogens is 364 g/mol. The molecule has 2 unspecified atom stereocenters. The van der Waals surface area contributed by atoms with Gasteiger partial charge in [0.25, 0.3) is 0 Å². The third-order valence-corrected chi connectivity index (χ3v) is 6.40. The number of benzene rings is 1. The number of carbonyl (C=O) groups is 2. The number of carbonyl (C=O) groups excluding carboxylic acids is 2. The van der Waals surface area contributed by atoms with Crippen molar-refractivity contribution in [3.63, 3.8) is 0 Å². The summed E-state index contributed by atoms with van der Waals surface area (Å²) in [5, 5.41) is 0. The SMILES string of the molecule is CCC(=O)N1CCC2CCCC(CN(C(=O)CN(C)C)Cc3ccccc31)N2C. The molecule has 3 rings (SSSR count). The van der Waals surface area contributed by atoms with Gasteiger partial charge in [0, 0.05) is 43.8 Å². The Labute approximate surface area is 175 Å². The first kappa shape index (κ1) is 21.8. The van der Waals surface area contributed by atoms with Gasteiger partial charge in [-0.3, -0.25) is 14.5 Å². The summed E-state index contributed by atoms with van der Waals surface area (Å²) in [4.78, 5) is 34.3. The Kier molecular flexibility index (Phi) is 7.30. The Hall–Kier alpha value is -1.92. The Morgan fingerprint density at radius 1 is 1.07 bits per heavy atom. The number of hydrogen-bond donors (Lipinski definition) is 0. The maximum Gasteiger partial charge on any atom is 0.237 e. The second-order valence-electron chi connectivity index (χ2n) is 8.73. The number of likely N-dealkylation sites (N-methyl/N-ethyl adjacent to an activating group) is 2. The zero-order valence-corrected chi connectivity index (χ0v) is 18.4. The van der Waals surface area contributed by atoms with Crippen molar-refractivity contribution in [3.05, 3.63) is 29.8 Å². The minimum absolute atomic E-state index is 0.146. The second kappa shape index (κ2) is 9.72. The molecule has 2 amide bonds. The molecule has 6 heteroatoms. The van der Waals surface area contributed by atoms with E-state index < -0.39 is 0 Å². The monoisotopic (exact) mass is 400 g/mol. The van der Waals surface area contributed by atoms with Crippen LogP contribution in [0.1, 0.15) is 44.6 Å². The number of anilines is 1. The van der Waals surface area contributed by atoms with Crippen molar-refractivity contribution in [3.8, 4) is 0 Å². The van der Waals surface area contributed by atoms with Crippen LogP contribution in [0.15, 0.2) is 24.3 Å². The van der Waals surface area contributed by atoms with Gasteiger partial charge in [-0.15, -0.1) is 0 Å². The van der Waals surface area contributed by atoms with E-state index in [0.717, 1.165) is 43.6 Å². The molecule has 0 aromatic heterocycles. The fraction of sp³-hybridized carbons (Fsp3) is 0.652. The standard InChI is InChI=1S/C23H36N4O2/c1-5-22(28)27-14-13-19-10-8-11-20(25(19)4)16-26(23(29)17-24(2)3)15-18-9-6-7-12-21(18)27/h6-7,9,12,19-20H,5,8,10-11,13-17H2,1-4H3. The minimum atomic E-state index is 0.146. The Balaban J connectivity index is 2.00. The highest BCUT2D eigenvalue weighted by Crippen LogP contribution is 2.29. The van der Waals surface area contributed by atoms with Gasteiger partial charge in [-0.2, -0.15) is 0 Å². The summed E-state index contributed by atoms with van der Waals surface area (Å²) in [5.41, 5.74) is 2.02. The number of hydrogen-bond acceptors (Lipinski definition) is 4. The molecule has 2 bridgehead atoms. The molecule has 2 heterocycles. The van der Waals surface area contributed by atoms with E-state index >= 15 is 0 Å². The molecule has 0 saturated carbocycles. The summed E-state index contributed by atoms with van der Waals surface area (Å²) in [6.07, 6.45) is 4.93. The van der Waals surface area contributed by atoms with Gasteiger partial charge in [0.1, 0.15) is 0 Å². The summed E-state index contributed by atoms with van der Waals surface area (Å²) in [7, 11) is 6.06. The normalized spacial score (nSPS) is 23.5. The summed E-state index contributed by atoms with van der Waals surface area (Å²) in [6.45, 7) is 4.35. The maximum absolute atomic E-state index is 13.1. The second-order valence-corrected chi connectivity index (χ2v) is 8.73. The fourth-order valence-electron chi connectivity index (χ4n) is 4.70. The van der Waals surface area contributed by atoms with E-state index in [-0.39, 0.29) is 11.8 Å². The first-order valence-corrected chi connectivity index (χ1v) is 10.9. The van der Waals surface area contributed by atoms with Crippen molar-refractivity contribution >= 4 is 17.5 Å². The first-order valence-electron chi connectivity index (χ1n) is 10.9. The third-order valence-electron chi connectivity index (χ3n) is 6.40. The van der Waals surface area contributed by atoms with E-state index in [1.807, 2.05) is 53.9 Å². The smallest absolute Gasteiger partial charge is 0.237 e. The Morgan fingerprint density at radius 3 is 2.52 bits per heavy atom. The van der Waals surface area contributed by atoms with Crippen LogP contribution in [-0.2, 0) is 16.1 Å². The third kappa shape index (κ3) is 5.17. The van der Waals surface area contributed by atoms with Crippen molar-refractivity contribution in [1.29, 1.82) is 0 Å². The highest BCUT2D eigenvalue weighted by atomic mass is 16.2. The average Bonchev–Trinajstić information content (AvgIpc) is 2.70. The number of para-hydroxylation sites is 1. The summed E-state index contributed by atoms with van der Waals surface area (Å²) < 4.78 is 0. The largest absolute Gasteiger partial charge is 0.336 e. The number of rotatable bonds is 3. The highest BCUT2D eigenvalue weighted by molar-refractivity contribution is 5.94. The molecule has 2 aliphatic heterocycles. The molecule has 160 valence electrons. The quantitative estimate of drug-likeness (QED) is 0.782. The maximum atomic E-state index is 13.1. The van der Waals surface area contributed by atoms with Crippen LogP contribution in [0.25, 0.3) is 0 Å². The molecule has 1 aromatic carbocycles. The van der Waals surface area contributed by atoms with E-state index in [9.17, 15) is 9.59 Å². The average molecular weight is 401 g/mol. The fourth-order valence-corrected chi connectivity index (χ4v) is 4.70. The van der Waals surface area contributed by atoms with E-state index in [4.69, 9.17) is 0 Å². The molecule has 2 aliphatic rings. The van der Waals surface area contributed by atoms with Crippen molar-refractivity contribution in [1.82, 2.24) is 14.7 Å². The predicted octanol–water partition coefficient (Wildman–Crippen LogP) is 2.58. The van der Waals surface area contributed by atoms with Crippen LogP contribution in [0.5, 0.6) is 0 Å². The Bertz CT molecular complexity index is 721.